The topological polar surface area (TPSA) is 63.6 Å². The van der Waals surface area contributed by atoms with E-state index in [0.29, 0.717) is 12.2 Å². The lowest BCUT2D eigenvalue weighted by Gasteiger charge is -2.18. The highest BCUT2D eigenvalue weighted by Crippen LogP contribution is 2.17. The molecule has 0 spiro atoms. The fourth-order valence-electron chi connectivity index (χ4n) is 3.26. The second-order valence-electron chi connectivity index (χ2n) is 6.80. The number of amides is 1. The first kappa shape index (κ1) is 21.7. The van der Waals surface area contributed by atoms with Gasteiger partial charge >= 0.3 is 5.97 Å². The molecule has 6 nitrogen and oxygen atoms in total. The summed E-state index contributed by atoms with van der Waals surface area (Å²) in [5.41, 5.74) is 4.04. The number of rotatable bonds is 9. The maximum Gasteiger partial charge on any atom is 0.339 e. The molecule has 1 N–H and O–H groups in total. The molecule has 0 bridgehead atoms. The summed E-state index contributed by atoms with van der Waals surface area (Å²) < 4.78 is 6.92. The molecule has 0 fully saturated rings. The summed E-state index contributed by atoms with van der Waals surface area (Å²) in [7, 11) is 0. The molecular formula is C22H31N3O3. The average molecular weight is 386 g/mol. The van der Waals surface area contributed by atoms with Gasteiger partial charge in [-0.3, -0.25) is 9.69 Å². The van der Waals surface area contributed by atoms with Gasteiger partial charge in [-0.1, -0.05) is 26.0 Å². The molecule has 28 heavy (non-hydrogen) atoms. The first-order valence-corrected chi connectivity index (χ1v) is 9.84. The van der Waals surface area contributed by atoms with E-state index < -0.39 is 0 Å². The largest absolute Gasteiger partial charge is 0.462 e. The lowest BCUT2D eigenvalue weighted by Crippen LogP contribution is -2.22. The molecule has 1 aromatic carbocycles. The molecule has 0 saturated carbocycles. The molecule has 2 aromatic rings. The summed E-state index contributed by atoms with van der Waals surface area (Å²) in [5, 5.41) is 2.96. The molecular weight excluding hydrogens is 354 g/mol. The number of aryl methyl sites for hydroxylation is 1. The van der Waals surface area contributed by atoms with Crippen LogP contribution in [0.15, 0.2) is 30.3 Å². The Morgan fingerprint density at radius 3 is 2.46 bits per heavy atom. The first-order chi connectivity index (χ1) is 13.4. The minimum Gasteiger partial charge on any atom is -0.462 e. The zero-order valence-electron chi connectivity index (χ0n) is 17.5. The van der Waals surface area contributed by atoms with Gasteiger partial charge in [0.1, 0.15) is 6.54 Å². The van der Waals surface area contributed by atoms with Gasteiger partial charge in [-0.05, 0) is 57.6 Å². The van der Waals surface area contributed by atoms with E-state index >= 15 is 0 Å². The Bertz CT molecular complexity index is 822. The zero-order chi connectivity index (χ0) is 20.7. The van der Waals surface area contributed by atoms with Crippen molar-refractivity contribution in [2.24, 2.45) is 0 Å². The van der Waals surface area contributed by atoms with Crippen LogP contribution in [-0.4, -0.2) is 41.0 Å². The number of hydrogen-bond donors (Lipinski definition) is 1. The number of carbonyl (C=O) groups excluding carboxylic acids is 2. The Morgan fingerprint density at radius 1 is 1.11 bits per heavy atom. The highest BCUT2D eigenvalue weighted by atomic mass is 16.5. The van der Waals surface area contributed by atoms with Crippen LogP contribution in [0.5, 0.6) is 0 Å². The Hall–Kier alpha value is -2.60. The van der Waals surface area contributed by atoms with E-state index in [1.54, 1.807) is 13.0 Å². The van der Waals surface area contributed by atoms with Gasteiger partial charge in [-0.2, -0.15) is 0 Å². The van der Waals surface area contributed by atoms with Crippen LogP contribution in [0, 0.1) is 13.8 Å². The van der Waals surface area contributed by atoms with E-state index in [1.165, 1.54) is 5.56 Å². The molecule has 0 radical (unpaired) electrons. The van der Waals surface area contributed by atoms with Crippen LogP contribution in [0.3, 0.4) is 0 Å². The number of nitrogens with one attached hydrogen (secondary N) is 1. The Morgan fingerprint density at radius 2 is 1.82 bits per heavy atom. The standard InChI is InChI=1S/C22H31N3O3/c1-6-24(7-2)14-18-10-9-11-19(13-18)23-21(26)15-25-16(4)12-20(17(25)5)22(27)28-8-3/h9-13H,6-8,14-15H2,1-5H3,(H,23,26). The van der Waals surface area contributed by atoms with E-state index in [1.807, 2.05) is 36.6 Å². The van der Waals surface area contributed by atoms with Crippen molar-refractivity contribution in [2.45, 2.75) is 47.7 Å². The minimum atomic E-state index is -0.355. The SMILES string of the molecule is CCOC(=O)c1cc(C)n(CC(=O)Nc2cccc(CN(CC)CC)c2)c1C. The van der Waals surface area contributed by atoms with Gasteiger partial charge < -0.3 is 14.6 Å². The number of ether oxygens (including phenoxy) is 1. The molecule has 152 valence electrons. The number of anilines is 1. The first-order valence-electron chi connectivity index (χ1n) is 9.84. The van der Waals surface area contributed by atoms with E-state index in [2.05, 4.69) is 30.1 Å². The van der Waals surface area contributed by atoms with Crippen LogP contribution < -0.4 is 5.32 Å². The number of carbonyl (C=O) groups is 2. The van der Waals surface area contributed by atoms with Crippen LogP contribution in [0.2, 0.25) is 0 Å². The maximum absolute atomic E-state index is 12.6. The molecule has 1 aromatic heterocycles. The van der Waals surface area contributed by atoms with Gasteiger partial charge in [0, 0.05) is 23.6 Å². The molecule has 0 saturated heterocycles. The molecule has 0 atom stereocenters. The average Bonchev–Trinajstić information content (AvgIpc) is 2.95. The molecule has 1 heterocycles. The van der Waals surface area contributed by atoms with E-state index in [9.17, 15) is 9.59 Å². The number of esters is 1. The summed E-state index contributed by atoms with van der Waals surface area (Å²) >= 11 is 0. The van der Waals surface area contributed by atoms with E-state index in [0.717, 1.165) is 36.7 Å². The van der Waals surface area contributed by atoms with Gasteiger partial charge in [0.2, 0.25) is 5.91 Å². The third kappa shape index (κ3) is 5.45. The van der Waals surface area contributed by atoms with Crippen molar-refractivity contribution in [1.29, 1.82) is 0 Å². The van der Waals surface area contributed by atoms with Crippen LogP contribution >= 0.6 is 0 Å². The predicted octanol–water partition coefficient (Wildman–Crippen LogP) is 3.76. The van der Waals surface area contributed by atoms with Crippen LogP contribution in [-0.2, 0) is 22.6 Å². The normalized spacial score (nSPS) is 10.9. The van der Waals surface area contributed by atoms with E-state index in [4.69, 9.17) is 4.74 Å². The molecule has 0 aliphatic carbocycles. The van der Waals surface area contributed by atoms with Crippen molar-refractivity contribution in [2.75, 3.05) is 25.0 Å². The number of hydrogen-bond acceptors (Lipinski definition) is 4. The quantitative estimate of drug-likeness (QED) is 0.668. The Balaban J connectivity index is 2.08. The highest BCUT2D eigenvalue weighted by Gasteiger charge is 2.18. The number of benzene rings is 1. The van der Waals surface area contributed by atoms with Crippen LogP contribution in [0.4, 0.5) is 5.69 Å². The summed E-state index contributed by atoms with van der Waals surface area (Å²) in [6.07, 6.45) is 0. The lowest BCUT2D eigenvalue weighted by atomic mass is 10.2. The molecule has 0 aliphatic rings. The molecule has 1 amide bonds. The molecule has 2 rings (SSSR count). The zero-order valence-corrected chi connectivity index (χ0v) is 17.5. The second kappa shape index (κ2) is 10.1. The molecule has 6 heteroatoms. The minimum absolute atomic E-state index is 0.128. The lowest BCUT2D eigenvalue weighted by molar-refractivity contribution is -0.116. The summed E-state index contributed by atoms with van der Waals surface area (Å²) in [4.78, 5) is 26.9. The maximum atomic E-state index is 12.6. The molecule has 0 unspecified atom stereocenters. The third-order valence-corrected chi connectivity index (χ3v) is 4.88. The number of nitrogens with zero attached hydrogens (tertiary/aromatic N) is 2. The Kier molecular flexibility index (Phi) is 7.81. The third-order valence-electron chi connectivity index (χ3n) is 4.88. The second-order valence-corrected chi connectivity index (χ2v) is 6.80. The van der Waals surface area contributed by atoms with Gasteiger partial charge in [0.25, 0.3) is 0 Å². The predicted molar refractivity (Wildman–Crippen MR) is 112 cm³/mol. The van der Waals surface area contributed by atoms with Crippen molar-refractivity contribution in [1.82, 2.24) is 9.47 Å². The van der Waals surface area contributed by atoms with Crippen molar-refractivity contribution >= 4 is 17.6 Å². The van der Waals surface area contributed by atoms with Crippen molar-refractivity contribution in [3.05, 3.63) is 52.8 Å². The number of aromatic nitrogens is 1. The fourth-order valence-corrected chi connectivity index (χ4v) is 3.26. The van der Waals surface area contributed by atoms with Crippen molar-refractivity contribution < 1.29 is 14.3 Å². The van der Waals surface area contributed by atoms with Gasteiger partial charge in [0.15, 0.2) is 0 Å². The highest BCUT2D eigenvalue weighted by molar-refractivity contribution is 5.93. The summed E-state index contributed by atoms with van der Waals surface area (Å²) in [6, 6.07) is 9.70. The van der Waals surface area contributed by atoms with Crippen LogP contribution in [0.1, 0.15) is 48.1 Å². The van der Waals surface area contributed by atoms with E-state index in [-0.39, 0.29) is 18.4 Å². The van der Waals surface area contributed by atoms with Crippen molar-refractivity contribution in [3.63, 3.8) is 0 Å². The van der Waals surface area contributed by atoms with Gasteiger partial charge in [-0.15, -0.1) is 0 Å². The van der Waals surface area contributed by atoms with Gasteiger partial charge in [0.05, 0.1) is 12.2 Å². The summed E-state index contributed by atoms with van der Waals surface area (Å²) in [6.45, 7) is 13.1. The monoisotopic (exact) mass is 385 g/mol. The van der Waals surface area contributed by atoms with Gasteiger partial charge in [-0.25, -0.2) is 4.79 Å². The van der Waals surface area contributed by atoms with Crippen LogP contribution in [0.25, 0.3) is 0 Å². The fraction of sp³-hybridized carbons (Fsp3) is 0.455. The van der Waals surface area contributed by atoms with Crippen molar-refractivity contribution in [3.8, 4) is 0 Å². The summed E-state index contributed by atoms with van der Waals surface area (Å²) in [5.74, 6) is -0.483. The molecule has 0 aliphatic heterocycles. The Labute approximate surface area is 167 Å². The smallest absolute Gasteiger partial charge is 0.339 e.